The molecule has 1 fully saturated rings. The van der Waals surface area contributed by atoms with E-state index >= 15 is 0 Å². The summed E-state index contributed by atoms with van der Waals surface area (Å²) in [5.41, 5.74) is 1.59. The lowest BCUT2D eigenvalue weighted by atomic mass is 10.2. The third-order valence-electron chi connectivity index (χ3n) is 2.71. The van der Waals surface area contributed by atoms with Crippen molar-refractivity contribution in [2.24, 2.45) is 0 Å². The molecule has 0 bridgehead atoms. The Morgan fingerprint density at radius 3 is 3.19 bits per heavy atom. The van der Waals surface area contributed by atoms with Crippen LogP contribution in [0.1, 0.15) is 19.3 Å². The third kappa shape index (κ3) is 1.88. The van der Waals surface area contributed by atoms with Gasteiger partial charge in [-0.2, -0.15) is 0 Å². The molecule has 1 atom stereocenters. The Morgan fingerprint density at radius 2 is 2.31 bits per heavy atom. The molecule has 2 heterocycles. The van der Waals surface area contributed by atoms with E-state index in [0.717, 1.165) is 42.7 Å². The van der Waals surface area contributed by atoms with E-state index in [4.69, 9.17) is 13.9 Å². The maximum Gasteiger partial charge on any atom is 0.199 e. The van der Waals surface area contributed by atoms with Crippen molar-refractivity contribution >= 4 is 11.1 Å². The molecule has 1 aliphatic rings. The van der Waals surface area contributed by atoms with Gasteiger partial charge < -0.3 is 13.9 Å². The van der Waals surface area contributed by atoms with Gasteiger partial charge in [-0.25, -0.2) is 4.98 Å². The number of ether oxygens (including phenoxy) is 2. The van der Waals surface area contributed by atoms with Gasteiger partial charge in [-0.05, 0) is 25.0 Å². The third-order valence-corrected chi connectivity index (χ3v) is 2.71. The summed E-state index contributed by atoms with van der Waals surface area (Å²) in [4.78, 5) is 4.05. The Morgan fingerprint density at radius 1 is 1.31 bits per heavy atom. The summed E-state index contributed by atoms with van der Waals surface area (Å²) in [7, 11) is 0. The Hall–Kier alpha value is -1.55. The second-order valence-electron chi connectivity index (χ2n) is 3.90. The molecule has 3 rings (SSSR count). The smallest absolute Gasteiger partial charge is 0.199 e. The number of rotatable bonds is 2. The van der Waals surface area contributed by atoms with Crippen LogP contribution in [0.25, 0.3) is 11.1 Å². The van der Waals surface area contributed by atoms with Gasteiger partial charge in [0.1, 0.15) is 11.3 Å². The number of fused-ring (bicyclic) bond motifs is 1. The highest BCUT2D eigenvalue weighted by atomic mass is 16.7. The zero-order valence-corrected chi connectivity index (χ0v) is 8.89. The number of aromatic nitrogens is 1. The minimum absolute atomic E-state index is 0.117. The largest absolute Gasteiger partial charge is 0.465 e. The zero-order valence-electron chi connectivity index (χ0n) is 8.89. The molecule has 0 amide bonds. The van der Waals surface area contributed by atoms with Crippen LogP contribution >= 0.6 is 0 Å². The molecule has 1 saturated heterocycles. The number of nitrogens with zero attached hydrogens (tertiary/aromatic N) is 1. The van der Waals surface area contributed by atoms with Crippen LogP contribution in [0, 0.1) is 0 Å². The normalized spacial score (nSPS) is 21.1. The van der Waals surface area contributed by atoms with Gasteiger partial charge in [-0.1, -0.05) is 0 Å². The first-order chi connectivity index (χ1) is 7.92. The first kappa shape index (κ1) is 9.66. The van der Waals surface area contributed by atoms with Crippen LogP contribution in [0.4, 0.5) is 0 Å². The van der Waals surface area contributed by atoms with Gasteiger partial charge in [0.05, 0.1) is 6.61 Å². The maximum atomic E-state index is 5.72. The van der Waals surface area contributed by atoms with Gasteiger partial charge in [0, 0.05) is 12.5 Å². The van der Waals surface area contributed by atoms with Gasteiger partial charge in [0.2, 0.25) is 0 Å². The summed E-state index contributed by atoms with van der Waals surface area (Å²) in [5, 5.41) is 0. The average Bonchev–Trinajstić information content (AvgIpc) is 2.77. The zero-order chi connectivity index (χ0) is 10.8. The predicted octanol–water partition coefficient (Wildman–Crippen LogP) is 2.73. The van der Waals surface area contributed by atoms with Crippen LogP contribution in [0.15, 0.2) is 29.0 Å². The molecular formula is C12H13NO3. The molecule has 1 aromatic heterocycles. The fourth-order valence-corrected chi connectivity index (χ4v) is 1.86. The number of benzene rings is 1. The summed E-state index contributed by atoms with van der Waals surface area (Å²) in [6.07, 6.45) is 4.56. The molecule has 1 unspecified atom stereocenters. The summed E-state index contributed by atoms with van der Waals surface area (Å²) >= 11 is 0. The highest BCUT2D eigenvalue weighted by Gasteiger charge is 2.15. The van der Waals surface area contributed by atoms with Crippen LogP contribution in [-0.4, -0.2) is 17.9 Å². The molecule has 84 valence electrons. The monoisotopic (exact) mass is 219 g/mol. The molecule has 4 nitrogen and oxygen atoms in total. The molecule has 16 heavy (non-hydrogen) atoms. The lowest BCUT2D eigenvalue weighted by Crippen LogP contribution is -2.24. The second-order valence-corrected chi connectivity index (χ2v) is 3.90. The predicted molar refractivity (Wildman–Crippen MR) is 58.2 cm³/mol. The highest BCUT2D eigenvalue weighted by molar-refractivity contribution is 5.73. The van der Waals surface area contributed by atoms with Crippen LogP contribution in [0.3, 0.4) is 0 Å². The Balaban J connectivity index is 1.77. The van der Waals surface area contributed by atoms with E-state index in [0.29, 0.717) is 0 Å². The summed E-state index contributed by atoms with van der Waals surface area (Å²) < 4.78 is 16.4. The van der Waals surface area contributed by atoms with E-state index in [2.05, 4.69) is 4.98 Å². The molecule has 0 N–H and O–H groups in total. The molecule has 0 spiro atoms. The van der Waals surface area contributed by atoms with Crippen molar-refractivity contribution in [1.29, 1.82) is 0 Å². The molecular weight excluding hydrogens is 206 g/mol. The standard InChI is InChI=1S/C12H13NO3/c1-2-6-14-12(3-1)16-9-4-5-10-11(7-9)15-8-13-10/h4-5,7-8,12H,1-3,6H2. The molecule has 1 aliphatic heterocycles. The van der Waals surface area contributed by atoms with Crippen molar-refractivity contribution in [2.45, 2.75) is 25.6 Å². The molecule has 0 saturated carbocycles. The van der Waals surface area contributed by atoms with Crippen LogP contribution in [0.5, 0.6) is 5.75 Å². The molecule has 4 heteroatoms. The minimum atomic E-state index is -0.117. The van der Waals surface area contributed by atoms with E-state index in [9.17, 15) is 0 Å². The number of oxazole rings is 1. The average molecular weight is 219 g/mol. The summed E-state index contributed by atoms with van der Waals surface area (Å²) in [5.74, 6) is 0.774. The lowest BCUT2D eigenvalue weighted by Gasteiger charge is -2.23. The van der Waals surface area contributed by atoms with Gasteiger partial charge in [0.15, 0.2) is 18.3 Å². The van der Waals surface area contributed by atoms with E-state index < -0.39 is 0 Å². The van der Waals surface area contributed by atoms with Crippen molar-refractivity contribution in [3.8, 4) is 5.75 Å². The van der Waals surface area contributed by atoms with Gasteiger partial charge in [-0.3, -0.25) is 0 Å². The summed E-state index contributed by atoms with van der Waals surface area (Å²) in [6, 6.07) is 5.63. The Kier molecular flexibility index (Phi) is 2.50. The van der Waals surface area contributed by atoms with Gasteiger partial charge in [0.25, 0.3) is 0 Å². The number of hydrogen-bond donors (Lipinski definition) is 0. The van der Waals surface area contributed by atoms with Crippen molar-refractivity contribution in [2.75, 3.05) is 6.61 Å². The Bertz CT molecular complexity index is 474. The van der Waals surface area contributed by atoms with Gasteiger partial charge >= 0.3 is 0 Å². The topological polar surface area (TPSA) is 44.5 Å². The first-order valence-corrected chi connectivity index (χ1v) is 5.53. The SMILES string of the molecule is c1nc2ccc(OC3CCCCO3)cc2o1. The fourth-order valence-electron chi connectivity index (χ4n) is 1.86. The summed E-state index contributed by atoms with van der Waals surface area (Å²) in [6.45, 7) is 0.787. The minimum Gasteiger partial charge on any atom is -0.465 e. The number of hydrogen-bond acceptors (Lipinski definition) is 4. The van der Waals surface area contributed by atoms with Crippen molar-refractivity contribution in [3.05, 3.63) is 24.6 Å². The first-order valence-electron chi connectivity index (χ1n) is 5.53. The van der Waals surface area contributed by atoms with E-state index in [-0.39, 0.29) is 6.29 Å². The van der Waals surface area contributed by atoms with Crippen molar-refractivity contribution in [1.82, 2.24) is 4.98 Å². The maximum absolute atomic E-state index is 5.72. The van der Waals surface area contributed by atoms with E-state index in [1.165, 1.54) is 6.39 Å². The van der Waals surface area contributed by atoms with Crippen molar-refractivity contribution < 1.29 is 13.9 Å². The highest BCUT2D eigenvalue weighted by Crippen LogP contribution is 2.23. The lowest BCUT2D eigenvalue weighted by molar-refractivity contribution is -0.105. The van der Waals surface area contributed by atoms with Crippen molar-refractivity contribution in [3.63, 3.8) is 0 Å². The second kappa shape index (κ2) is 4.14. The van der Waals surface area contributed by atoms with E-state index in [1.807, 2.05) is 18.2 Å². The van der Waals surface area contributed by atoms with E-state index in [1.54, 1.807) is 0 Å². The van der Waals surface area contributed by atoms with Crippen LogP contribution in [0.2, 0.25) is 0 Å². The molecule has 0 aliphatic carbocycles. The quantitative estimate of drug-likeness (QED) is 0.779. The van der Waals surface area contributed by atoms with Crippen LogP contribution in [-0.2, 0) is 4.74 Å². The molecule has 2 aromatic rings. The van der Waals surface area contributed by atoms with Gasteiger partial charge in [-0.15, -0.1) is 0 Å². The molecule has 1 aromatic carbocycles. The van der Waals surface area contributed by atoms with Crippen LogP contribution < -0.4 is 4.74 Å². The molecule has 0 radical (unpaired) electrons. The Labute approximate surface area is 93.2 Å². The fraction of sp³-hybridized carbons (Fsp3) is 0.417.